The van der Waals surface area contributed by atoms with Crippen molar-refractivity contribution in [3.05, 3.63) is 88.9 Å². The Morgan fingerprint density at radius 2 is 1.75 bits per heavy atom. The molecule has 204 valence electrons. The second kappa shape index (κ2) is 10.2. The minimum absolute atomic E-state index is 0.239. The lowest BCUT2D eigenvalue weighted by Crippen LogP contribution is -2.15. The zero-order valence-corrected chi connectivity index (χ0v) is 23.0. The van der Waals surface area contributed by atoms with Crippen LogP contribution in [0.25, 0.3) is 33.4 Å². The van der Waals surface area contributed by atoms with Gasteiger partial charge in [0.2, 0.25) is 0 Å². The van der Waals surface area contributed by atoms with Gasteiger partial charge >= 0.3 is 5.97 Å². The molecule has 8 heteroatoms. The molecule has 5 aromatic rings. The second-order valence-corrected chi connectivity index (χ2v) is 9.79. The van der Waals surface area contributed by atoms with Crippen molar-refractivity contribution in [2.75, 3.05) is 20.8 Å². The van der Waals surface area contributed by atoms with E-state index in [-0.39, 0.29) is 19.0 Å². The third-order valence-corrected chi connectivity index (χ3v) is 7.64. The lowest BCUT2D eigenvalue weighted by molar-refractivity contribution is 0.0528. The maximum Gasteiger partial charge on any atom is 0.341 e. The van der Waals surface area contributed by atoms with Crippen molar-refractivity contribution in [1.29, 1.82) is 0 Å². The van der Waals surface area contributed by atoms with Crippen molar-refractivity contribution in [2.45, 2.75) is 33.4 Å². The molecule has 0 unspecified atom stereocenters. The van der Waals surface area contributed by atoms with Crippen LogP contribution in [0.3, 0.4) is 0 Å². The number of fused-ring (bicyclic) bond motifs is 4. The monoisotopic (exact) mass is 539 g/mol. The van der Waals surface area contributed by atoms with Gasteiger partial charge in [0.05, 0.1) is 44.1 Å². The van der Waals surface area contributed by atoms with Crippen LogP contribution in [-0.2, 0) is 24.2 Å². The molecule has 0 saturated carbocycles. The average Bonchev–Trinajstić information content (AvgIpc) is 3.48. The standard InChI is InChI=1S/C32H30FN3O4/c1-5-40-32(37)29-28(19(2)35-15-14-20-16-26(38-3)27(39-4)17-23(20)31(29)35)30-22-11-7-9-13-25(22)36(34-30)18-21-10-6-8-12-24(21)33/h6-13,16-17H,5,14-15,18H2,1-4H3. The predicted molar refractivity (Wildman–Crippen MR) is 152 cm³/mol. The van der Waals surface area contributed by atoms with Crippen molar-refractivity contribution < 1.29 is 23.4 Å². The molecule has 0 atom stereocenters. The Labute approximate surface area is 231 Å². The number of hydrogen-bond donors (Lipinski definition) is 0. The number of nitrogens with zero attached hydrogens (tertiary/aromatic N) is 3. The number of carbonyl (C=O) groups excluding carboxylic acids is 1. The van der Waals surface area contributed by atoms with Crippen molar-refractivity contribution in [2.24, 2.45) is 0 Å². The maximum atomic E-state index is 14.6. The first-order valence-electron chi connectivity index (χ1n) is 13.3. The van der Waals surface area contributed by atoms with Gasteiger partial charge in [0.1, 0.15) is 11.5 Å². The Balaban J connectivity index is 1.62. The average molecular weight is 540 g/mol. The maximum absolute atomic E-state index is 14.6. The van der Waals surface area contributed by atoms with E-state index in [1.807, 2.05) is 49.4 Å². The topological polar surface area (TPSA) is 67.5 Å². The van der Waals surface area contributed by atoms with Crippen LogP contribution in [0.15, 0.2) is 60.7 Å². The van der Waals surface area contributed by atoms with E-state index in [0.29, 0.717) is 34.9 Å². The Morgan fingerprint density at radius 3 is 2.50 bits per heavy atom. The zero-order valence-electron chi connectivity index (χ0n) is 23.0. The Hall–Kier alpha value is -4.59. The predicted octanol–water partition coefficient (Wildman–Crippen LogP) is 6.42. The van der Waals surface area contributed by atoms with Gasteiger partial charge in [-0.3, -0.25) is 4.68 Å². The highest BCUT2D eigenvalue weighted by molar-refractivity contribution is 6.08. The van der Waals surface area contributed by atoms with Gasteiger partial charge in [-0.25, -0.2) is 9.18 Å². The van der Waals surface area contributed by atoms with E-state index < -0.39 is 5.97 Å². The zero-order chi connectivity index (χ0) is 28.0. The fourth-order valence-corrected chi connectivity index (χ4v) is 5.79. The molecule has 0 aliphatic carbocycles. The van der Waals surface area contributed by atoms with Crippen LogP contribution < -0.4 is 9.47 Å². The third-order valence-electron chi connectivity index (χ3n) is 7.64. The summed E-state index contributed by atoms with van der Waals surface area (Å²) in [6.07, 6.45) is 0.766. The smallest absolute Gasteiger partial charge is 0.341 e. The van der Waals surface area contributed by atoms with Crippen LogP contribution in [0.1, 0.15) is 34.1 Å². The molecular weight excluding hydrogens is 509 g/mol. The molecule has 0 fully saturated rings. The number of halogens is 1. The van der Waals surface area contributed by atoms with Crippen LogP contribution in [-0.4, -0.2) is 41.1 Å². The number of benzene rings is 3. The molecular formula is C32H30FN3O4. The number of ether oxygens (including phenoxy) is 3. The summed E-state index contributed by atoms with van der Waals surface area (Å²) < 4.78 is 35.4. The molecule has 1 aliphatic heterocycles. The number of carbonyl (C=O) groups is 1. The summed E-state index contributed by atoms with van der Waals surface area (Å²) in [7, 11) is 3.22. The van der Waals surface area contributed by atoms with Crippen LogP contribution in [0, 0.1) is 12.7 Å². The fraction of sp³-hybridized carbons (Fsp3) is 0.250. The molecule has 3 aromatic carbocycles. The van der Waals surface area contributed by atoms with E-state index in [4.69, 9.17) is 19.3 Å². The molecule has 1 aliphatic rings. The number of methoxy groups -OCH3 is 2. The van der Waals surface area contributed by atoms with Crippen molar-refractivity contribution >= 4 is 16.9 Å². The molecule has 0 spiro atoms. The van der Waals surface area contributed by atoms with Crippen molar-refractivity contribution in [3.8, 4) is 34.0 Å². The van der Waals surface area contributed by atoms with Gasteiger partial charge in [0, 0.05) is 34.3 Å². The van der Waals surface area contributed by atoms with E-state index in [1.54, 1.807) is 38.0 Å². The van der Waals surface area contributed by atoms with E-state index in [1.165, 1.54) is 6.07 Å². The van der Waals surface area contributed by atoms with E-state index >= 15 is 0 Å². The van der Waals surface area contributed by atoms with Crippen LogP contribution in [0.2, 0.25) is 0 Å². The highest BCUT2D eigenvalue weighted by Crippen LogP contribution is 2.46. The number of hydrogen-bond acceptors (Lipinski definition) is 5. The van der Waals surface area contributed by atoms with Gasteiger partial charge in [0.25, 0.3) is 0 Å². The molecule has 0 N–H and O–H groups in total. The van der Waals surface area contributed by atoms with E-state index in [2.05, 4.69) is 4.57 Å². The third kappa shape index (κ3) is 4.02. The summed E-state index contributed by atoms with van der Waals surface area (Å²) >= 11 is 0. The Bertz CT molecular complexity index is 1770. The highest BCUT2D eigenvalue weighted by Gasteiger charge is 2.34. The SMILES string of the molecule is CCOC(=O)c1c(-c2nn(Cc3ccccc3F)c3ccccc23)c(C)n2c1-c1cc(OC)c(OC)cc1CC2. The number of aryl methyl sites for hydroxylation is 1. The van der Waals surface area contributed by atoms with E-state index in [0.717, 1.165) is 45.4 Å². The van der Waals surface area contributed by atoms with Gasteiger partial charge < -0.3 is 18.8 Å². The van der Waals surface area contributed by atoms with Crippen LogP contribution in [0.5, 0.6) is 11.5 Å². The summed E-state index contributed by atoms with van der Waals surface area (Å²) in [4.78, 5) is 13.7. The Morgan fingerprint density at radius 1 is 1.02 bits per heavy atom. The molecule has 2 aromatic heterocycles. The van der Waals surface area contributed by atoms with Gasteiger partial charge in [-0.05, 0) is 50.1 Å². The number of rotatable bonds is 7. The normalized spacial score (nSPS) is 12.2. The summed E-state index contributed by atoms with van der Waals surface area (Å²) in [5.74, 6) is 0.537. The Kier molecular flexibility index (Phi) is 6.54. The number of para-hydroxylation sites is 1. The summed E-state index contributed by atoms with van der Waals surface area (Å²) in [6.45, 7) is 4.99. The summed E-state index contributed by atoms with van der Waals surface area (Å²) in [6, 6.07) is 18.5. The molecule has 3 heterocycles. The molecule has 0 bridgehead atoms. The first-order valence-corrected chi connectivity index (χ1v) is 13.3. The van der Waals surface area contributed by atoms with Crippen LogP contribution >= 0.6 is 0 Å². The lowest BCUT2D eigenvalue weighted by Gasteiger charge is -2.23. The summed E-state index contributed by atoms with van der Waals surface area (Å²) in [5, 5.41) is 5.88. The van der Waals surface area contributed by atoms with Gasteiger partial charge in [0.15, 0.2) is 11.5 Å². The van der Waals surface area contributed by atoms with Gasteiger partial charge in [-0.2, -0.15) is 5.10 Å². The molecule has 7 nitrogen and oxygen atoms in total. The molecule has 0 radical (unpaired) electrons. The van der Waals surface area contributed by atoms with Gasteiger partial charge in [-0.1, -0.05) is 36.4 Å². The quantitative estimate of drug-likeness (QED) is 0.223. The number of aromatic nitrogens is 3. The fourth-order valence-electron chi connectivity index (χ4n) is 5.79. The second-order valence-electron chi connectivity index (χ2n) is 9.79. The minimum atomic E-state index is -0.412. The van der Waals surface area contributed by atoms with Gasteiger partial charge in [-0.15, -0.1) is 0 Å². The summed E-state index contributed by atoms with van der Waals surface area (Å²) in [5.41, 5.74) is 6.90. The first-order chi connectivity index (χ1) is 19.5. The highest BCUT2D eigenvalue weighted by atomic mass is 19.1. The number of esters is 1. The van der Waals surface area contributed by atoms with Crippen molar-refractivity contribution in [1.82, 2.24) is 14.3 Å². The molecule has 0 amide bonds. The largest absolute Gasteiger partial charge is 0.493 e. The van der Waals surface area contributed by atoms with Crippen molar-refractivity contribution in [3.63, 3.8) is 0 Å². The van der Waals surface area contributed by atoms with Crippen LogP contribution in [0.4, 0.5) is 4.39 Å². The first kappa shape index (κ1) is 25.7. The molecule has 0 saturated heterocycles. The minimum Gasteiger partial charge on any atom is -0.493 e. The molecule has 6 rings (SSSR count). The van der Waals surface area contributed by atoms with E-state index in [9.17, 15) is 9.18 Å². The molecule has 40 heavy (non-hydrogen) atoms. The lowest BCUT2D eigenvalue weighted by atomic mass is 9.94.